The summed E-state index contributed by atoms with van der Waals surface area (Å²) in [6.45, 7) is 3.87. The summed E-state index contributed by atoms with van der Waals surface area (Å²) in [7, 11) is -3.94. The molecule has 0 spiro atoms. The molecule has 0 aliphatic carbocycles. The fourth-order valence-electron chi connectivity index (χ4n) is 3.87. The van der Waals surface area contributed by atoms with Crippen LogP contribution in [-0.2, 0) is 21.4 Å². The van der Waals surface area contributed by atoms with E-state index in [-0.39, 0.29) is 52.5 Å². The highest BCUT2D eigenvalue weighted by Crippen LogP contribution is 2.29. The van der Waals surface area contributed by atoms with Crippen molar-refractivity contribution in [2.24, 2.45) is 0 Å². The van der Waals surface area contributed by atoms with Crippen molar-refractivity contribution in [2.45, 2.75) is 31.4 Å². The predicted molar refractivity (Wildman–Crippen MR) is 139 cm³/mol. The second-order valence-electron chi connectivity index (χ2n) is 8.74. The van der Waals surface area contributed by atoms with Crippen molar-refractivity contribution in [3.05, 3.63) is 66.2 Å². The number of anilines is 2. The van der Waals surface area contributed by atoms with E-state index in [0.29, 0.717) is 17.2 Å². The summed E-state index contributed by atoms with van der Waals surface area (Å²) < 4.78 is 39.3. The standard InChI is InChI=1S/C25H24N6O6S/c1-14(2)37-16-4-6-17(7-5-16)38(34,35)31-19-11-26-23-22(19)28-13-29-24(23)25(33)27-10-15-3-8-20-18(9-15)30-21(32)12-36-20/h3-9,11,13-14,26,31H,10,12H2,1-2H3,(H,27,33)(H,30,32). The minimum absolute atomic E-state index is 0.0387. The number of ether oxygens (including phenoxy) is 2. The molecule has 3 heterocycles. The van der Waals surface area contributed by atoms with Gasteiger partial charge in [-0.2, -0.15) is 0 Å². The molecular weight excluding hydrogens is 512 g/mol. The minimum atomic E-state index is -3.94. The Hall–Kier alpha value is -4.65. The van der Waals surface area contributed by atoms with Crippen LogP contribution in [0.3, 0.4) is 0 Å². The number of nitrogens with one attached hydrogen (secondary N) is 4. The number of nitrogens with zero attached hydrogens (tertiary/aromatic N) is 2. The lowest BCUT2D eigenvalue weighted by Crippen LogP contribution is -2.26. The smallest absolute Gasteiger partial charge is 0.272 e. The third-order valence-corrected chi connectivity index (χ3v) is 6.94. The van der Waals surface area contributed by atoms with Crippen molar-refractivity contribution in [1.82, 2.24) is 20.3 Å². The van der Waals surface area contributed by atoms with Crippen LogP contribution >= 0.6 is 0 Å². The Morgan fingerprint density at radius 2 is 1.95 bits per heavy atom. The SMILES string of the molecule is CC(C)Oc1ccc(S(=O)(=O)Nc2c[nH]c3c(C(=O)NCc4ccc5c(c4)NC(=O)CO5)ncnc23)cc1. The number of fused-ring (bicyclic) bond motifs is 2. The topological polar surface area (TPSA) is 164 Å². The van der Waals surface area contributed by atoms with Gasteiger partial charge in [-0.25, -0.2) is 18.4 Å². The van der Waals surface area contributed by atoms with Crippen LogP contribution in [0.15, 0.2) is 59.9 Å². The predicted octanol–water partition coefficient (Wildman–Crippen LogP) is 2.81. The zero-order valence-corrected chi connectivity index (χ0v) is 21.3. The van der Waals surface area contributed by atoms with Gasteiger partial charge >= 0.3 is 0 Å². The molecule has 12 nitrogen and oxygen atoms in total. The molecule has 5 rings (SSSR count). The lowest BCUT2D eigenvalue weighted by molar-refractivity contribution is -0.118. The zero-order valence-electron chi connectivity index (χ0n) is 20.4. The van der Waals surface area contributed by atoms with E-state index in [1.165, 1.54) is 24.7 Å². The zero-order chi connectivity index (χ0) is 26.9. The average molecular weight is 537 g/mol. The third-order valence-electron chi connectivity index (χ3n) is 5.56. The molecular formula is C25H24N6O6S. The fraction of sp³-hybridized carbons (Fsp3) is 0.200. The summed E-state index contributed by atoms with van der Waals surface area (Å²) in [6.07, 6.45) is 2.56. The monoisotopic (exact) mass is 536 g/mol. The van der Waals surface area contributed by atoms with Crippen LogP contribution in [0.5, 0.6) is 11.5 Å². The summed E-state index contributed by atoms with van der Waals surface area (Å²) in [5.41, 5.74) is 1.99. The summed E-state index contributed by atoms with van der Waals surface area (Å²) in [6, 6.07) is 11.3. The summed E-state index contributed by atoms with van der Waals surface area (Å²) >= 11 is 0. The van der Waals surface area contributed by atoms with E-state index in [1.807, 2.05) is 13.8 Å². The fourth-order valence-corrected chi connectivity index (χ4v) is 4.93. The number of rotatable bonds is 8. The maximum atomic E-state index is 13.0. The second-order valence-corrected chi connectivity index (χ2v) is 10.4. The first kappa shape index (κ1) is 25.0. The number of benzene rings is 2. The number of hydrogen-bond acceptors (Lipinski definition) is 8. The van der Waals surface area contributed by atoms with Crippen molar-refractivity contribution in [3.63, 3.8) is 0 Å². The largest absolute Gasteiger partial charge is 0.491 e. The summed E-state index contributed by atoms with van der Waals surface area (Å²) in [5, 5.41) is 5.50. The van der Waals surface area contributed by atoms with Gasteiger partial charge in [0.1, 0.15) is 23.3 Å². The van der Waals surface area contributed by atoms with Gasteiger partial charge in [0, 0.05) is 12.7 Å². The van der Waals surface area contributed by atoms with Crippen LogP contribution in [0.25, 0.3) is 11.0 Å². The molecule has 0 radical (unpaired) electrons. The highest BCUT2D eigenvalue weighted by Gasteiger charge is 2.21. The number of amides is 2. The van der Waals surface area contributed by atoms with Gasteiger partial charge in [0.25, 0.3) is 21.8 Å². The Morgan fingerprint density at radius 1 is 1.16 bits per heavy atom. The van der Waals surface area contributed by atoms with Crippen molar-refractivity contribution in [2.75, 3.05) is 16.6 Å². The van der Waals surface area contributed by atoms with Crippen LogP contribution in [-0.4, -0.2) is 47.9 Å². The first-order valence-electron chi connectivity index (χ1n) is 11.6. The van der Waals surface area contributed by atoms with E-state index in [9.17, 15) is 18.0 Å². The van der Waals surface area contributed by atoms with Gasteiger partial charge in [-0.05, 0) is 55.8 Å². The van der Waals surface area contributed by atoms with Crippen molar-refractivity contribution < 1.29 is 27.5 Å². The first-order chi connectivity index (χ1) is 18.2. The maximum absolute atomic E-state index is 13.0. The molecule has 4 N–H and O–H groups in total. The summed E-state index contributed by atoms with van der Waals surface area (Å²) in [5.74, 6) is 0.367. The number of aromatic amines is 1. The molecule has 4 aromatic rings. The van der Waals surface area contributed by atoms with Crippen molar-refractivity contribution in [3.8, 4) is 11.5 Å². The molecule has 1 aliphatic rings. The van der Waals surface area contributed by atoms with Gasteiger partial charge in [0.2, 0.25) is 0 Å². The Labute approximate surface area is 217 Å². The van der Waals surface area contributed by atoms with Crippen molar-refractivity contribution in [1.29, 1.82) is 0 Å². The second kappa shape index (κ2) is 10.0. The molecule has 2 amide bonds. The lowest BCUT2D eigenvalue weighted by atomic mass is 10.1. The van der Waals surface area contributed by atoms with Crippen LogP contribution < -0.4 is 24.8 Å². The van der Waals surface area contributed by atoms with Crippen molar-refractivity contribution >= 4 is 44.2 Å². The number of sulfonamides is 1. The van der Waals surface area contributed by atoms with E-state index in [0.717, 1.165) is 5.56 Å². The summed E-state index contributed by atoms with van der Waals surface area (Å²) in [4.78, 5) is 35.7. The Balaban J connectivity index is 1.31. The Bertz CT molecular complexity index is 1630. The van der Waals surface area contributed by atoms with E-state index < -0.39 is 15.9 Å². The number of carbonyl (C=O) groups is 2. The van der Waals surface area contributed by atoms with Crippen LogP contribution in [0.2, 0.25) is 0 Å². The normalized spacial score (nSPS) is 13.0. The van der Waals surface area contributed by atoms with Gasteiger partial charge < -0.3 is 25.1 Å². The van der Waals surface area contributed by atoms with Gasteiger partial charge in [0.05, 0.1) is 27.9 Å². The molecule has 2 aromatic carbocycles. The molecule has 38 heavy (non-hydrogen) atoms. The highest BCUT2D eigenvalue weighted by atomic mass is 32.2. The molecule has 196 valence electrons. The van der Waals surface area contributed by atoms with E-state index in [4.69, 9.17) is 9.47 Å². The molecule has 13 heteroatoms. The lowest BCUT2D eigenvalue weighted by Gasteiger charge is -2.18. The van der Waals surface area contributed by atoms with Crippen LogP contribution in [0, 0.1) is 0 Å². The number of hydrogen-bond donors (Lipinski definition) is 4. The van der Waals surface area contributed by atoms with Gasteiger partial charge in [-0.15, -0.1) is 0 Å². The number of carbonyl (C=O) groups excluding carboxylic acids is 2. The minimum Gasteiger partial charge on any atom is -0.491 e. The van der Waals surface area contributed by atoms with Gasteiger partial charge in [-0.3, -0.25) is 14.3 Å². The van der Waals surface area contributed by atoms with Crippen LogP contribution in [0.1, 0.15) is 29.9 Å². The van der Waals surface area contributed by atoms with Gasteiger partial charge in [-0.1, -0.05) is 6.07 Å². The van der Waals surface area contributed by atoms with E-state index in [2.05, 4.69) is 30.3 Å². The average Bonchev–Trinajstić information content (AvgIpc) is 3.29. The van der Waals surface area contributed by atoms with E-state index >= 15 is 0 Å². The van der Waals surface area contributed by atoms with Crippen LogP contribution in [0.4, 0.5) is 11.4 Å². The molecule has 0 fully saturated rings. The third kappa shape index (κ3) is 5.22. The maximum Gasteiger partial charge on any atom is 0.272 e. The molecule has 0 atom stereocenters. The Kier molecular flexibility index (Phi) is 6.59. The molecule has 0 unspecified atom stereocenters. The molecule has 2 aromatic heterocycles. The number of aromatic nitrogens is 3. The quantitative estimate of drug-likeness (QED) is 0.267. The molecule has 1 aliphatic heterocycles. The number of H-pyrrole nitrogens is 1. The van der Waals surface area contributed by atoms with E-state index in [1.54, 1.807) is 30.3 Å². The molecule has 0 bridgehead atoms. The highest BCUT2D eigenvalue weighted by molar-refractivity contribution is 7.92. The molecule has 0 saturated carbocycles. The van der Waals surface area contributed by atoms with Gasteiger partial charge in [0.15, 0.2) is 12.3 Å². The molecule has 0 saturated heterocycles. The first-order valence-corrected chi connectivity index (χ1v) is 13.1. The Morgan fingerprint density at radius 3 is 2.71 bits per heavy atom.